The molecule has 0 fully saturated rings. The minimum atomic E-state index is 0.767. The molecule has 4 nitrogen and oxygen atoms in total. The summed E-state index contributed by atoms with van der Waals surface area (Å²) in [6.45, 7) is 3.76. The number of nitrogens with zero attached hydrogens (tertiary/aromatic N) is 1. The lowest BCUT2D eigenvalue weighted by Crippen LogP contribution is -2.05. The second kappa shape index (κ2) is 7.10. The van der Waals surface area contributed by atoms with Crippen molar-refractivity contribution in [2.75, 3.05) is 25.5 Å². The van der Waals surface area contributed by atoms with Gasteiger partial charge in [-0.3, -0.25) is 4.98 Å². The van der Waals surface area contributed by atoms with Crippen LogP contribution in [0.2, 0.25) is 0 Å². The number of fused-ring (bicyclic) bond motifs is 1. The number of nitrogens with two attached hydrogens (primary N) is 1. The molecule has 4 heteroatoms. The smallest absolute Gasteiger partial charge is 0.124 e. The number of unbranched alkanes of at least 4 members (excludes halogenated alkanes) is 2. The van der Waals surface area contributed by atoms with Crippen LogP contribution in [-0.4, -0.2) is 25.2 Å². The molecule has 0 bridgehead atoms. The number of hydrogen-bond acceptors (Lipinski definition) is 4. The van der Waals surface area contributed by atoms with E-state index in [1.165, 1.54) is 0 Å². The summed E-state index contributed by atoms with van der Waals surface area (Å²) in [5.41, 5.74) is 8.67. The molecule has 108 valence electrons. The van der Waals surface area contributed by atoms with Crippen LogP contribution in [0.25, 0.3) is 10.9 Å². The van der Waals surface area contributed by atoms with Crippen LogP contribution >= 0.6 is 0 Å². The lowest BCUT2D eigenvalue weighted by Gasteiger charge is -2.14. The molecule has 0 radical (unpaired) electrons. The van der Waals surface area contributed by atoms with E-state index in [1.807, 2.05) is 18.3 Å². The largest absolute Gasteiger partial charge is 0.496 e. The Morgan fingerprint density at radius 2 is 2.15 bits per heavy atom. The number of benzene rings is 1. The van der Waals surface area contributed by atoms with Gasteiger partial charge in [-0.25, -0.2) is 0 Å². The van der Waals surface area contributed by atoms with Gasteiger partial charge in [0.25, 0.3) is 0 Å². The molecular weight excluding hydrogens is 250 g/mol. The lowest BCUT2D eigenvalue weighted by atomic mass is 10.1. The van der Waals surface area contributed by atoms with Gasteiger partial charge in [0.05, 0.1) is 18.3 Å². The van der Waals surface area contributed by atoms with Crippen LogP contribution in [0.3, 0.4) is 0 Å². The van der Waals surface area contributed by atoms with E-state index in [0.717, 1.165) is 60.3 Å². The van der Waals surface area contributed by atoms with Crippen molar-refractivity contribution in [2.24, 2.45) is 5.73 Å². The van der Waals surface area contributed by atoms with E-state index < -0.39 is 0 Å². The molecule has 2 rings (SSSR count). The van der Waals surface area contributed by atoms with Gasteiger partial charge < -0.3 is 15.8 Å². The van der Waals surface area contributed by atoms with Crippen molar-refractivity contribution in [1.29, 1.82) is 0 Å². The number of pyridine rings is 1. The SMILES string of the molecule is COc1cc(NCCCCCN)c2ncccc2c1C. The van der Waals surface area contributed by atoms with Crippen LogP contribution in [0, 0.1) is 6.92 Å². The molecule has 0 aliphatic rings. The van der Waals surface area contributed by atoms with E-state index in [2.05, 4.69) is 23.3 Å². The van der Waals surface area contributed by atoms with Crippen molar-refractivity contribution < 1.29 is 4.74 Å². The minimum absolute atomic E-state index is 0.767. The second-order valence-corrected chi connectivity index (χ2v) is 4.93. The average Bonchev–Trinajstić information content (AvgIpc) is 2.49. The standard InChI is InChI=1S/C16H23N3O/c1-12-13-7-6-10-19-16(13)14(11-15(12)20-2)18-9-5-3-4-8-17/h6-7,10-11,18H,3-5,8-9,17H2,1-2H3. The first-order chi connectivity index (χ1) is 9.77. The van der Waals surface area contributed by atoms with Gasteiger partial charge in [-0.2, -0.15) is 0 Å². The molecule has 0 aliphatic carbocycles. The molecule has 3 N–H and O–H groups in total. The highest BCUT2D eigenvalue weighted by molar-refractivity contribution is 5.94. The normalized spacial score (nSPS) is 10.8. The van der Waals surface area contributed by atoms with Gasteiger partial charge >= 0.3 is 0 Å². The molecule has 0 aliphatic heterocycles. The Morgan fingerprint density at radius 3 is 2.90 bits per heavy atom. The van der Waals surface area contributed by atoms with Crippen molar-refractivity contribution in [3.05, 3.63) is 30.0 Å². The fourth-order valence-electron chi connectivity index (χ4n) is 2.38. The monoisotopic (exact) mass is 273 g/mol. The van der Waals surface area contributed by atoms with Gasteiger partial charge in [0.1, 0.15) is 5.75 Å². The minimum Gasteiger partial charge on any atom is -0.496 e. The topological polar surface area (TPSA) is 60.2 Å². The molecule has 20 heavy (non-hydrogen) atoms. The van der Waals surface area contributed by atoms with E-state index in [-0.39, 0.29) is 0 Å². The van der Waals surface area contributed by atoms with Crippen molar-refractivity contribution in [3.8, 4) is 5.75 Å². The molecule has 2 aromatic rings. The second-order valence-electron chi connectivity index (χ2n) is 4.93. The Labute approximate surface area is 120 Å². The van der Waals surface area contributed by atoms with Crippen LogP contribution < -0.4 is 15.8 Å². The zero-order valence-electron chi connectivity index (χ0n) is 12.3. The summed E-state index contributed by atoms with van der Waals surface area (Å²) < 4.78 is 5.45. The third-order valence-corrected chi connectivity index (χ3v) is 3.53. The fraction of sp³-hybridized carbons (Fsp3) is 0.438. The van der Waals surface area contributed by atoms with Gasteiger partial charge in [-0.1, -0.05) is 12.5 Å². The summed E-state index contributed by atoms with van der Waals surface area (Å²) in [6, 6.07) is 6.08. The fourth-order valence-corrected chi connectivity index (χ4v) is 2.38. The van der Waals surface area contributed by atoms with E-state index >= 15 is 0 Å². The van der Waals surface area contributed by atoms with E-state index in [4.69, 9.17) is 10.5 Å². The third-order valence-electron chi connectivity index (χ3n) is 3.53. The van der Waals surface area contributed by atoms with Crippen molar-refractivity contribution in [3.63, 3.8) is 0 Å². The number of aromatic nitrogens is 1. The van der Waals surface area contributed by atoms with Crippen LogP contribution in [0.4, 0.5) is 5.69 Å². The predicted octanol–water partition coefficient (Wildman–Crippen LogP) is 3.09. The Balaban J connectivity index is 2.21. The number of methoxy groups -OCH3 is 1. The van der Waals surface area contributed by atoms with Crippen LogP contribution in [0.1, 0.15) is 24.8 Å². The molecule has 0 saturated carbocycles. The number of anilines is 1. The summed E-state index contributed by atoms with van der Waals surface area (Å²) in [6.07, 6.45) is 5.17. The van der Waals surface area contributed by atoms with Gasteiger partial charge in [-0.15, -0.1) is 0 Å². The molecule has 1 aromatic carbocycles. The number of ether oxygens (including phenoxy) is 1. The van der Waals surface area contributed by atoms with E-state index in [1.54, 1.807) is 7.11 Å². The summed E-state index contributed by atoms with van der Waals surface area (Å²) in [7, 11) is 1.70. The van der Waals surface area contributed by atoms with Crippen LogP contribution in [0.5, 0.6) is 5.75 Å². The predicted molar refractivity (Wildman–Crippen MR) is 84.4 cm³/mol. The molecule has 0 unspecified atom stereocenters. The zero-order valence-corrected chi connectivity index (χ0v) is 12.3. The van der Waals surface area contributed by atoms with Gasteiger partial charge in [0.15, 0.2) is 0 Å². The summed E-state index contributed by atoms with van der Waals surface area (Å²) in [5.74, 6) is 0.898. The third kappa shape index (κ3) is 3.20. The molecule has 0 saturated heterocycles. The quantitative estimate of drug-likeness (QED) is 0.761. The lowest BCUT2D eigenvalue weighted by molar-refractivity contribution is 0.412. The van der Waals surface area contributed by atoms with E-state index in [0.29, 0.717) is 0 Å². The number of aryl methyl sites for hydroxylation is 1. The van der Waals surface area contributed by atoms with Gasteiger partial charge in [0.2, 0.25) is 0 Å². The Hall–Kier alpha value is -1.81. The van der Waals surface area contributed by atoms with Crippen molar-refractivity contribution in [2.45, 2.75) is 26.2 Å². The highest BCUT2D eigenvalue weighted by atomic mass is 16.5. The first-order valence-electron chi connectivity index (χ1n) is 7.14. The van der Waals surface area contributed by atoms with Crippen molar-refractivity contribution >= 4 is 16.6 Å². The summed E-state index contributed by atoms with van der Waals surface area (Å²) >= 11 is 0. The van der Waals surface area contributed by atoms with Crippen LogP contribution in [-0.2, 0) is 0 Å². The van der Waals surface area contributed by atoms with Crippen molar-refractivity contribution in [1.82, 2.24) is 4.98 Å². The zero-order chi connectivity index (χ0) is 14.4. The van der Waals surface area contributed by atoms with Gasteiger partial charge in [-0.05, 0) is 32.4 Å². The molecule has 1 heterocycles. The maximum atomic E-state index is 5.50. The maximum absolute atomic E-state index is 5.50. The molecular formula is C16H23N3O. The highest BCUT2D eigenvalue weighted by Gasteiger charge is 2.09. The Morgan fingerprint density at radius 1 is 1.30 bits per heavy atom. The first kappa shape index (κ1) is 14.6. The molecule has 1 aromatic heterocycles. The molecule has 0 spiro atoms. The maximum Gasteiger partial charge on any atom is 0.124 e. The molecule has 0 amide bonds. The summed E-state index contributed by atoms with van der Waals surface area (Å²) in [5, 5.41) is 4.60. The van der Waals surface area contributed by atoms with Crippen LogP contribution in [0.15, 0.2) is 24.4 Å². The van der Waals surface area contributed by atoms with E-state index in [9.17, 15) is 0 Å². The Kier molecular flexibility index (Phi) is 5.18. The first-order valence-corrected chi connectivity index (χ1v) is 7.14. The summed E-state index contributed by atoms with van der Waals surface area (Å²) in [4.78, 5) is 4.49. The number of nitrogens with one attached hydrogen (secondary N) is 1. The Bertz CT molecular complexity index is 569. The molecule has 0 atom stereocenters. The number of rotatable bonds is 7. The average molecular weight is 273 g/mol. The highest BCUT2D eigenvalue weighted by Crippen LogP contribution is 2.32. The van der Waals surface area contributed by atoms with Gasteiger partial charge in [0, 0.05) is 29.8 Å². The number of hydrogen-bond donors (Lipinski definition) is 2.